The second-order valence-electron chi connectivity index (χ2n) is 3.54. The average molecular weight is 329 g/mol. The molecule has 0 saturated heterocycles. The summed E-state index contributed by atoms with van der Waals surface area (Å²) >= 11 is 9.03. The van der Waals surface area contributed by atoms with Crippen molar-refractivity contribution in [2.45, 2.75) is 0 Å². The molecule has 2 nitrogen and oxygen atoms in total. The molecule has 2 rings (SSSR count). The van der Waals surface area contributed by atoms with Crippen LogP contribution in [0.25, 0.3) is 0 Å². The van der Waals surface area contributed by atoms with E-state index in [1.807, 2.05) is 0 Å². The minimum Gasteiger partial charge on any atom is -0.506 e. The molecule has 0 atom stereocenters. The highest BCUT2D eigenvalue weighted by atomic mass is 79.9. The van der Waals surface area contributed by atoms with E-state index in [2.05, 4.69) is 20.9 Å². The van der Waals surface area contributed by atoms with Gasteiger partial charge in [0, 0.05) is 16.8 Å². The standard InChI is InChI=1S/C13H8BrClFNO/c14-10-6-9(15)5-8(13(10)18)7-17-12-4-2-1-3-11(12)16/h1-7,18H/b17-7+. The number of aliphatic imine (C=N–C) groups is 1. The van der Waals surface area contributed by atoms with Crippen LogP contribution in [0.4, 0.5) is 10.1 Å². The fraction of sp³-hybridized carbons (Fsp3) is 0. The van der Waals surface area contributed by atoms with Crippen LogP contribution >= 0.6 is 27.5 Å². The average Bonchev–Trinajstić information content (AvgIpc) is 2.33. The number of benzene rings is 2. The molecular formula is C13H8BrClFNO. The van der Waals surface area contributed by atoms with E-state index < -0.39 is 5.82 Å². The van der Waals surface area contributed by atoms with Gasteiger partial charge in [-0.15, -0.1) is 0 Å². The minimum atomic E-state index is -0.422. The highest BCUT2D eigenvalue weighted by Gasteiger charge is 2.06. The number of hydrogen-bond acceptors (Lipinski definition) is 2. The lowest BCUT2D eigenvalue weighted by atomic mass is 10.2. The number of phenolic OH excluding ortho intramolecular Hbond substituents is 1. The summed E-state index contributed by atoms with van der Waals surface area (Å²) in [6.45, 7) is 0. The molecule has 0 bridgehead atoms. The topological polar surface area (TPSA) is 32.6 Å². The third kappa shape index (κ3) is 2.89. The molecule has 2 aromatic rings. The molecule has 0 aliphatic heterocycles. The van der Waals surface area contributed by atoms with Gasteiger partial charge in [-0.3, -0.25) is 4.99 Å². The zero-order chi connectivity index (χ0) is 13.1. The van der Waals surface area contributed by atoms with Crippen LogP contribution < -0.4 is 0 Å². The van der Waals surface area contributed by atoms with Crippen molar-refractivity contribution in [3.8, 4) is 5.75 Å². The summed E-state index contributed by atoms with van der Waals surface area (Å²) in [4.78, 5) is 3.98. The van der Waals surface area contributed by atoms with Crippen molar-refractivity contribution in [1.29, 1.82) is 0 Å². The third-order valence-electron chi connectivity index (χ3n) is 2.25. The van der Waals surface area contributed by atoms with Gasteiger partial charge >= 0.3 is 0 Å². The van der Waals surface area contributed by atoms with E-state index in [0.717, 1.165) is 0 Å². The van der Waals surface area contributed by atoms with Crippen LogP contribution in [0.3, 0.4) is 0 Å². The van der Waals surface area contributed by atoms with E-state index in [-0.39, 0.29) is 11.4 Å². The molecule has 0 saturated carbocycles. The Labute approximate surface area is 117 Å². The van der Waals surface area contributed by atoms with Crippen molar-refractivity contribution in [1.82, 2.24) is 0 Å². The van der Waals surface area contributed by atoms with Crippen molar-refractivity contribution < 1.29 is 9.50 Å². The first kappa shape index (κ1) is 13.1. The Morgan fingerprint density at radius 2 is 2.00 bits per heavy atom. The molecule has 0 unspecified atom stereocenters. The van der Waals surface area contributed by atoms with Crippen LogP contribution in [0.5, 0.6) is 5.75 Å². The van der Waals surface area contributed by atoms with Crippen molar-refractivity contribution in [2.24, 2.45) is 4.99 Å². The molecule has 2 aromatic carbocycles. The Kier molecular flexibility index (Phi) is 3.99. The molecule has 0 radical (unpaired) electrons. The minimum absolute atomic E-state index is 0.0134. The number of phenols is 1. The second kappa shape index (κ2) is 5.50. The number of hydrogen-bond donors (Lipinski definition) is 1. The quantitative estimate of drug-likeness (QED) is 0.796. The fourth-order valence-corrected chi connectivity index (χ4v) is 2.21. The smallest absolute Gasteiger partial charge is 0.148 e. The summed E-state index contributed by atoms with van der Waals surface area (Å²) in [5.41, 5.74) is 0.616. The van der Waals surface area contributed by atoms with Gasteiger partial charge in [0.25, 0.3) is 0 Å². The molecule has 92 valence electrons. The monoisotopic (exact) mass is 327 g/mol. The molecule has 18 heavy (non-hydrogen) atoms. The predicted molar refractivity (Wildman–Crippen MR) is 74.5 cm³/mol. The fourth-order valence-electron chi connectivity index (χ4n) is 1.38. The zero-order valence-corrected chi connectivity index (χ0v) is 11.4. The number of nitrogens with zero attached hydrogens (tertiary/aromatic N) is 1. The van der Waals surface area contributed by atoms with E-state index >= 15 is 0 Å². The van der Waals surface area contributed by atoms with Crippen LogP contribution in [0, 0.1) is 5.82 Å². The first-order valence-corrected chi connectivity index (χ1v) is 6.21. The first-order chi connectivity index (χ1) is 8.58. The summed E-state index contributed by atoms with van der Waals surface area (Å²) in [6.07, 6.45) is 1.37. The molecule has 0 fully saturated rings. The molecule has 1 N–H and O–H groups in total. The second-order valence-corrected chi connectivity index (χ2v) is 4.83. The highest BCUT2D eigenvalue weighted by Crippen LogP contribution is 2.30. The van der Waals surface area contributed by atoms with E-state index in [4.69, 9.17) is 11.6 Å². The van der Waals surface area contributed by atoms with Crippen molar-refractivity contribution >= 4 is 39.4 Å². The Bertz CT molecular complexity index is 616. The summed E-state index contributed by atoms with van der Waals surface area (Å²) < 4.78 is 13.8. The lowest BCUT2D eigenvalue weighted by molar-refractivity contribution is 0.471. The van der Waals surface area contributed by atoms with E-state index in [1.54, 1.807) is 30.3 Å². The van der Waals surface area contributed by atoms with Crippen LogP contribution in [0.15, 0.2) is 45.9 Å². The van der Waals surface area contributed by atoms with Crippen LogP contribution in [0.2, 0.25) is 5.02 Å². The Morgan fingerprint density at radius 3 is 2.72 bits per heavy atom. The summed E-state index contributed by atoms with van der Waals surface area (Å²) in [6, 6.07) is 9.25. The van der Waals surface area contributed by atoms with Gasteiger partial charge in [-0.2, -0.15) is 0 Å². The van der Waals surface area contributed by atoms with Gasteiger partial charge in [0.05, 0.1) is 10.2 Å². The molecule has 0 aliphatic carbocycles. The Morgan fingerprint density at radius 1 is 1.28 bits per heavy atom. The molecule has 5 heteroatoms. The molecule has 0 heterocycles. The highest BCUT2D eigenvalue weighted by molar-refractivity contribution is 9.10. The van der Waals surface area contributed by atoms with Crippen LogP contribution in [-0.2, 0) is 0 Å². The molecule has 0 spiro atoms. The maximum absolute atomic E-state index is 13.3. The maximum atomic E-state index is 13.3. The van der Waals surface area contributed by atoms with Gasteiger partial charge in [-0.25, -0.2) is 4.39 Å². The van der Waals surface area contributed by atoms with E-state index in [1.165, 1.54) is 12.3 Å². The van der Waals surface area contributed by atoms with E-state index in [0.29, 0.717) is 15.1 Å². The Balaban J connectivity index is 2.38. The maximum Gasteiger partial charge on any atom is 0.148 e. The third-order valence-corrected chi connectivity index (χ3v) is 3.08. The Hall–Kier alpha value is -1.39. The zero-order valence-electron chi connectivity index (χ0n) is 9.07. The lowest BCUT2D eigenvalue weighted by Gasteiger charge is -2.02. The lowest BCUT2D eigenvalue weighted by Crippen LogP contribution is -1.85. The summed E-state index contributed by atoms with van der Waals surface area (Å²) in [5.74, 6) is -0.408. The van der Waals surface area contributed by atoms with Crippen molar-refractivity contribution in [3.05, 3.63) is 57.3 Å². The van der Waals surface area contributed by atoms with Gasteiger partial charge in [-0.1, -0.05) is 23.7 Å². The largest absolute Gasteiger partial charge is 0.506 e. The van der Waals surface area contributed by atoms with Crippen LogP contribution in [0.1, 0.15) is 5.56 Å². The number of rotatable bonds is 2. The molecule has 0 aliphatic rings. The van der Waals surface area contributed by atoms with Gasteiger partial charge in [0.1, 0.15) is 11.6 Å². The number of para-hydroxylation sites is 1. The predicted octanol–water partition coefficient (Wildman–Crippen LogP) is 4.70. The van der Waals surface area contributed by atoms with Crippen molar-refractivity contribution in [2.75, 3.05) is 0 Å². The normalized spacial score (nSPS) is 11.1. The van der Waals surface area contributed by atoms with Gasteiger partial charge in [0.15, 0.2) is 0 Å². The van der Waals surface area contributed by atoms with Crippen LogP contribution in [-0.4, -0.2) is 11.3 Å². The summed E-state index contributed by atoms with van der Waals surface area (Å²) in [7, 11) is 0. The summed E-state index contributed by atoms with van der Waals surface area (Å²) in [5, 5.41) is 10.2. The number of halogens is 3. The van der Waals surface area contributed by atoms with Gasteiger partial charge < -0.3 is 5.11 Å². The molecule has 0 amide bonds. The SMILES string of the molecule is Oc1c(Br)cc(Cl)cc1/C=N/c1ccccc1F. The first-order valence-electron chi connectivity index (χ1n) is 5.04. The van der Waals surface area contributed by atoms with Gasteiger partial charge in [0.2, 0.25) is 0 Å². The van der Waals surface area contributed by atoms with E-state index in [9.17, 15) is 9.50 Å². The number of aromatic hydroxyl groups is 1. The van der Waals surface area contributed by atoms with Crippen molar-refractivity contribution in [3.63, 3.8) is 0 Å². The molecule has 0 aromatic heterocycles. The molecular weight excluding hydrogens is 321 g/mol. The van der Waals surface area contributed by atoms with Gasteiger partial charge in [-0.05, 0) is 40.2 Å².